The summed E-state index contributed by atoms with van der Waals surface area (Å²) in [6.07, 6.45) is 0.369. The van der Waals surface area contributed by atoms with Gasteiger partial charge in [-0.3, -0.25) is 9.35 Å². The number of nitrogens with one attached hydrogen (secondary N) is 1. The Hall–Kier alpha value is -1.39. The van der Waals surface area contributed by atoms with Crippen molar-refractivity contribution in [3.8, 4) is 0 Å². The lowest BCUT2D eigenvalue weighted by molar-refractivity contribution is -0.143. The van der Waals surface area contributed by atoms with Crippen LogP contribution in [0, 0.1) is 0 Å². The molecule has 2 atom stereocenters. The minimum absolute atomic E-state index is 0.234. The molecule has 0 saturated carbocycles. The highest BCUT2D eigenvalue weighted by atomic mass is 32.2. The van der Waals surface area contributed by atoms with Crippen molar-refractivity contribution < 1.29 is 22.6 Å². The number of rotatable bonds is 1. The SMILES string of the molecule is O=C(N1CCNCC1)N1CC[C@@H]2C1C(=O)N2S(=O)(=O)O. The molecule has 3 rings (SSSR count). The number of piperazine rings is 1. The molecular formula is C10H16N4O5S. The zero-order valence-corrected chi connectivity index (χ0v) is 11.5. The summed E-state index contributed by atoms with van der Waals surface area (Å²) in [6.45, 7) is 2.89. The summed E-state index contributed by atoms with van der Waals surface area (Å²) in [5, 5.41) is 3.13. The second-order valence-corrected chi connectivity index (χ2v) is 6.41. The van der Waals surface area contributed by atoms with Crippen molar-refractivity contribution in [3.05, 3.63) is 0 Å². The van der Waals surface area contributed by atoms with Crippen LogP contribution in [0.1, 0.15) is 6.42 Å². The topological polar surface area (TPSA) is 110 Å². The summed E-state index contributed by atoms with van der Waals surface area (Å²) >= 11 is 0. The van der Waals surface area contributed by atoms with Crippen LogP contribution >= 0.6 is 0 Å². The molecule has 10 heteroatoms. The van der Waals surface area contributed by atoms with Crippen LogP contribution in [0.5, 0.6) is 0 Å². The second-order valence-electron chi connectivity index (χ2n) is 5.13. The summed E-state index contributed by atoms with van der Waals surface area (Å²) in [5.74, 6) is -0.724. The normalized spacial score (nSPS) is 30.2. The number of fused-ring (bicyclic) bond motifs is 1. The second kappa shape index (κ2) is 4.57. The first kappa shape index (κ1) is 13.6. The van der Waals surface area contributed by atoms with E-state index < -0.39 is 28.3 Å². The molecule has 3 heterocycles. The number of likely N-dealkylation sites (tertiary alicyclic amines) is 1. The molecule has 3 saturated heterocycles. The fourth-order valence-corrected chi connectivity index (χ4v) is 3.97. The van der Waals surface area contributed by atoms with Crippen LogP contribution in [0.2, 0.25) is 0 Å². The minimum atomic E-state index is -4.52. The molecule has 3 amide bonds. The molecule has 2 N–H and O–H groups in total. The van der Waals surface area contributed by atoms with Crippen molar-refractivity contribution in [2.75, 3.05) is 32.7 Å². The highest BCUT2D eigenvalue weighted by molar-refractivity contribution is 7.84. The zero-order valence-electron chi connectivity index (χ0n) is 10.7. The fraction of sp³-hybridized carbons (Fsp3) is 0.800. The molecule has 1 unspecified atom stereocenters. The largest absolute Gasteiger partial charge is 0.362 e. The van der Waals surface area contributed by atoms with E-state index in [9.17, 15) is 18.0 Å². The number of hydrogen-bond acceptors (Lipinski definition) is 5. The highest BCUT2D eigenvalue weighted by Crippen LogP contribution is 2.36. The number of urea groups is 1. The Bertz CT molecular complexity index is 544. The Morgan fingerprint density at radius 1 is 1.25 bits per heavy atom. The summed E-state index contributed by atoms with van der Waals surface area (Å²) in [4.78, 5) is 27.3. The Morgan fingerprint density at radius 3 is 2.50 bits per heavy atom. The Balaban J connectivity index is 1.72. The van der Waals surface area contributed by atoms with Gasteiger partial charge < -0.3 is 15.1 Å². The monoisotopic (exact) mass is 304 g/mol. The lowest BCUT2D eigenvalue weighted by Crippen LogP contribution is -2.69. The molecule has 3 aliphatic heterocycles. The van der Waals surface area contributed by atoms with Gasteiger partial charge in [-0.25, -0.2) is 9.10 Å². The van der Waals surface area contributed by atoms with Crippen LogP contribution < -0.4 is 5.32 Å². The van der Waals surface area contributed by atoms with E-state index >= 15 is 0 Å². The molecule has 112 valence electrons. The average molecular weight is 304 g/mol. The van der Waals surface area contributed by atoms with Crippen LogP contribution in [0.25, 0.3) is 0 Å². The van der Waals surface area contributed by atoms with Gasteiger partial charge in [0.2, 0.25) is 0 Å². The van der Waals surface area contributed by atoms with Crippen molar-refractivity contribution in [3.63, 3.8) is 0 Å². The van der Waals surface area contributed by atoms with E-state index in [-0.39, 0.29) is 6.03 Å². The predicted molar refractivity (Wildman–Crippen MR) is 67.1 cm³/mol. The molecule has 0 aromatic carbocycles. The van der Waals surface area contributed by atoms with Crippen molar-refractivity contribution in [2.45, 2.75) is 18.5 Å². The maximum absolute atomic E-state index is 12.3. The van der Waals surface area contributed by atoms with Gasteiger partial charge in [-0.05, 0) is 6.42 Å². The van der Waals surface area contributed by atoms with Gasteiger partial charge in [-0.15, -0.1) is 0 Å². The van der Waals surface area contributed by atoms with Crippen molar-refractivity contribution >= 4 is 22.2 Å². The smallest absolute Gasteiger partial charge is 0.322 e. The molecule has 3 fully saturated rings. The van der Waals surface area contributed by atoms with Crippen molar-refractivity contribution in [1.82, 2.24) is 19.4 Å². The maximum Gasteiger partial charge on any atom is 0.362 e. The lowest BCUT2D eigenvalue weighted by Gasteiger charge is -2.43. The van der Waals surface area contributed by atoms with Gasteiger partial charge in [0.05, 0.1) is 6.04 Å². The van der Waals surface area contributed by atoms with Crippen molar-refractivity contribution in [1.29, 1.82) is 0 Å². The number of hydrogen-bond donors (Lipinski definition) is 2. The summed E-state index contributed by atoms with van der Waals surface area (Å²) in [7, 11) is -4.52. The first-order valence-corrected chi connectivity index (χ1v) is 7.88. The maximum atomic E-state index is 12.3. The number of amides is 3. The quantitative estimate of drug-likeness (QED) is 0.432. The summed E-state index contributed by atoms with van der Waals surface area (Å²) < 4.78 is 31.6. The van der Waals surface area contributed by atoms with Gasteiger partial charge in [0.25, 0.3) is 5.91 Å². The molecule has 0 aromatic heterocycles. The molecular weight excluding hydrogens is 288 g/mol. The van der Waals surface area contributed by atoms with Crippen LogP contribution in [-0.2, 0) is 15.1 Å². The molecule has 0 bridgehead atoms. The number of β-lactam (4-membered cyclic amide) rings is 1. The molecule has 20 heavy (non-hydrogen) atoms. The molecule has 0 radical (unpaired) electrons. The van der Waals surface area contributed by atoms with Crippen LogP contribution in [-0.4, -0.2) is 83.8 Å². The molecule has 0 spiro atoms. The highest BCUT2D eigenvalue weighted by Gasteiger charge is 2.60. The van der Waals surface area contributed by atoms with E-state index in [0.29, 0.717) is 43.4 Å². The molecule has 0 aliphatic carbocycles. The van der Waals surface area contributed by atoms with E-state index in [4.69, 9.17) is 4.55 Å². The molecule has 0 aromatic rings. The zero-order chi connectivity index (χ0) is 14.5. The van der Waals surface area contributed by atoms with E-state index in [2.05, 4.69) is 5.32 Å². The Morgan fingerprint density at radius 2 is 1.90 bits per heavy atom. The molecule has 3 aliphatic rings. The van der Waals surface area contributed by atoms with Crippen LogP contribution in [0.4, 0.5) is 4.79 Å². The standard InChI is InChI=1S/C10H16N4O5S/c15-9-8-7(14(9)20(17,18)19)1-4-13(8)10(16)12-5-2-11-3-6-12/h7-8,11H,1-6H2,(H,17,18,19)/t7-,8?/m1/s1. The van der Waals surface area contributed by atoms with Gasteiger partial charge in [0.15, 0.2) is 0 Å². The average Bonchev–Trinajstić information content (AvgIpc) is 2.76. The number of nitrogens with zero attached hydrogens (tertiary/aromatic N) is 3. The first-order valence-electron chi connectivity index (χ1n) is 6.48. The van der Waals surface area contributed by atoms with E-state index in [0.717, 1.165) is 0 Å². The van der Waals surface area contributed by atoms with Gasteiger partial charge in [0, 0.05) is 32.7 Å². The van der Waals surface area contributed by atoms with Gasteiger partial charge in [-0.2, -0.15) is 8.42 Å². The predicted octanol–water partition coefficient (Wildman–Crippen LogP) is -1.90. The Labute approximate surface area is 116 Å². The van der Waals surface area contributed by atoms with Crippen molar-refractivity contribution in [2.24, 2.45) is 0 Å². The number of carbonyl (C=O) groups is 2. The third-order valence-electron chi connectivity index (χ3n) is 4.02. The van der Waals surface area contributed by atoms with E-state index in [1.165, 1.54) is 4.90 Å². The summed E-state index contributed by atoms with van der Waals surface area (Å²) in [5.41, 5.74) is 0. The van der Waals surface area contributed by atoms with Gasteiger partial charge >= 0.3 is 16.3 Å². The van der Waals surface area contributed by atoms with Gasteiger partial charge in [-0.1, -0.05) is 0 Å². The van der Waals surface area contributed by atoms with Crippen LogP contribution in [0.3, 0.4) is 0 Å². The lowest BCUT2D eigenvalue weighted by atomic mass is 10.0. The third kappa shape index (κ3) is 1.95. The fourth-order valence-electron chi connectivity index (χ4n) is 3.07. The van der Waals surface area contributed by atoms with Gasteiger partial charge in [0.1, 0.15) is 6.04 Å². The summed E-state index contributed by atoms with van der Waals surface area (Å²) in [6, 6.07) is -1.61. The van der Waals surface area contributed by atoms with E-state index in [1.54, 1.807) is 4.90 Å². The first-order chi connectivity index (χ1) is 9.41. The minimum Gasteiger partial charge on any atom is -0.322 e. The molecule has 9 nitrogen and oxygen atoms in total. The number of carbonyl (C=O) groups excluding carboxylic acids is 2. The van der Waals surface area contributed by atoms with E-state index in [1.807, 2.05) is 0 Å². The third-order valence-corrected chi connectivity index (χ3v) is 4.97. The Kier molecular flexibility index (Phi) is 3.10. The van der Waals surface area contributed by atoms with Crippen LogP contribution in [0.15, 0.2) is 0 Å².